The van der Waals surface area contributed by atoms with E-state index < -0.39 is 25.1 Å². The van der Waals surface area contributed by atoms with Crippen LogP contribution in [0.25, 0.3) is 0 Å². The maximum atomic E-state index is 12.2. The minimum absolute atomic E-state index is 0.185. The Balaban J connectivity index is 1.50. The highest BCUT2D eigenvalue weighted by Crippen LogP contribution is 2.34. The van der Waals surface area contributed by atoms with Crippen molar-refractivity contribution >= 4 is 64.1 Å². The molecule has 3 aromatic rings. The number of nitrogens with one attached hydrogen (secondary N) is 1. The summed E-state index contributed by atoms with van der Waals surface area (Å²) in [5, 5.41) is 3.46. The maximum absolute atomic E-state index is 12.2. The van der Waals surface area contributed by atoms with Gasteiger partial charge in [0.15, 0.2) is 13.2 Å². The van der Waals surface area contributed by atoms with Gasteiger partial charge < -0.3 is 14.8 Å². The van der Waals surface area contributed by atoms with Crippen LogP contribution in [0.5, 0.6) is 5.75 Å². The molecule has 0 radical (unpaired) electrons. The summed E-state index contributed by atoms with van der Waals surface area (Å²) in [5.74, 6) is -1.02. The Morgan fingerprint density at radius 1 is 0.839 bits per heavy atom. The molecule has 0 aliphatic carbocycles. The lowest BCUT2D eigenvalue weighted by atomic mass is 10.3. The van der Waals surface area contributed by atoms with E-state index in [0.717, 1.165) is 9.79 Å². The third kappa shape index (κ3) is 7.08. The van der Waals surface area contributed by atoms with Crippen LogP contribution in [-0.4, -0.2) is 25.1 Å². The molecule has 1 N–H and O–H groups in total. The third-order valence-electron chi connectivity index (χ3n) is 3.82. The van der Waals surface area contributed by atoms with Crippen LogP contribution in [-0.2, 0) is 14.3 Å². The normalized spacial score (nSPS) is 10.4. The smallest absolute Gasteiger partial charge is 0.344 e. The zero-order valence-electron chi connectivity index (χ0n) is 15.9. The summed E-state index contributed by atoms with van der Waals surface area (Å²) >= 11 is 19.3. The molecule has 0 aliphatic rings. The largest absolute Gasteiger partial charge is 0.480 e. The standard InChI is InChI=1S/C22H16Cl3NO4S/c23-15-10-17(25)19(11-16(15)24)29-13-22(28)30-12-21(27)26-18-8-4-5-9-20(18)31-14-6-2-1-3-7-14/h1-11H,12-13H2,(H,26,27). The highest BCUT2D eigenvalue weighted by atomic mass is 35.5. The molecule has 0 spiro atoms. The van der Waals surface area contributed by atoms with E-state index in [1.165, 1.54) is 23.9 Å². The minimum Gasteiger partial charge on any atom is -0.480 e. The van der Waals surface area contributed by atoms with Gasteiger partial charge in [0, 0.05) is 15.9 Å². The molecule has 0 fully saturated rings. The highest BCUT2D eigenvalue weighted by molar-refractivity contribution is 7.99. The summed E-state index contributed by atoms with van der Waals surface area (Å²) in [6.07, 6.45) is 0. The number of rotatable bonds is 8. The molecular weight excluding hydrogens is 481 g/mol. The van der Waals surface area contributed by atoms with Gasteiger partial charge in [-0.2, -0.15) is 0 Å². The molecule has 0 aromatic heterocycles. The highest BCUT2D eigenvalue weighted by Gasteiger charge is 2.13. The lowest BCUT2D eigenvalue weighted by Gasteiger charge is -2.12. The van der Waals surface area contributed by atoms with E-state index in [2.05, 4.69) is 5.32 Å². The van der Waals surface area contributed by atoms with Crippen LogP contribution in [0.15, 0.2) is 76.5 Å². The summed E-state index contributed by atoms with van der Waals surface area (Å²) in [5.41, 5.74) is 0.622. The first-order valence-corrected chi connectivity index (χ1v) is 10.9. The minimum atomic E-state index is -0.732. The first-order valence-electron chi connectivity index (χ1n) is 8.97. The van der Waals surface area contributed by atoms with Gasteiger partial charge in [0.25, 0.3) is 5.91 Å². The molecule has 9 heteroatoms. The molecule has 0 aliphatic heterocycles. The van der Waals surface area contributed by atoms with Gasteiger partial charge in [0.2, 0.25) is 0 Å². The average molecular weight is 497 g/mol. The van der Waals surface area contributed by atoms with Gasteiger partial charge in [-0.25, -0.2) is 4.79 Å². The second-order valence-electron chi connectivity index (χ2n) is 6.11. The van der Waals surface area contributed by atoms with Crippen LogP contribution in [0.3, 0.4) is 0 Å². The number of para-hydroxylation sites is 1. The van der Waals surface area contributed by atoms with E-state index in [9.17, 15) is 9.59 Å². The van der Waals surface area contributed by atoms with Gasteiger partial charge in [-0.05, 0) is 30.3 Å². The topological polar surface area (TPSA) is 64.6 Å². The van der Waals surface area contributed by atoms with E-state index in [1.807, 2.05) is 48.5 Å². The summed E-state index contributed by atoms with van der Waals surface area (Å²) < 4.78 is 10.3. The van der Waals surface area contributed by atoms with Crippen LogP contribution >= 0.6 is 46.6 Å². The van der Waals surface area contributed by atoms with Crippen molar-refractivity contribution in [3.63, 3.8) is 0 Å². The Hall–Kier alpha value is -2.38. The fourth-order valence-electron chi connectivity index (χ4n) is 2.40. The van der Waals surface area contributed by atoms with E-state index in [-0.39, 0.29) is 20.8 Å². The molecule has 3 rings (SSSR count). The van der Waals surface area contributed by atoms with Crippen LogP contribution in [0.1, 0.15) is 0 Å². The number of hydrogen-bond acceptors (Lipinski definition) is 5. The fourth-order valence-corrected chi connectivity index (χ4v) is 3.91. The van der Waals surface area contributed by atoms with E-state index in [1.54, 1.807) is 6.07 Å². The van der Waals surface area contributed by atoms with Crippen LogP contribution < -0.4 is 10.1 Å². The number of ether oxygens (including phenoxy) is 2. The van der Waals surface area contributed by atoms with Crippen molar-refractivity contribution in [2.75, 3.05) is 18.5 Å². The quantitative estimate of drug-likeness (QED) is 0.290. The van der Waals surface area contributed by atoms with Crippen molar-refractivity contribution in [2.45, 2.75) is 9.79 Å². The van der Waals surface area contributed by atoms with Gasteiger partial charge in [0.1, 0.15) is 5.75 Å². The number of esters is 1. The Labute approximate surface area is 198 Å². The number of carbonyl (C=O) groups excluding carboxylic acids is 2. The van der Waals surface area contributed by atoms with Crippen LogP contribution in [0.2, 0.25) is 15.1 Å². The maximum Gasteiger partial charge on any atom is 0.344 e. The molecule has 0 atom stereocenters. The lowest BCUT2D eigenvalue weighted by Crippen LogP contribution is -2.23. The van der Waals surface area contributed by atoms with Crippen molar-refractivity contribution in [2.24, 2.45) is 0 Å². The summed E-state index contributed by atoms with van der Waals surface area (Å²) in [7, 11) is 0. The molecule has 3 aromatic carbocycles. The molecule has 1 amide bonds. The molecule has 5 nitrogen and oxygen atoms in total. The van der Waals surface area contributed by atoms with Crippen LogP contribution in [0.4, 0.5) is 5.69 Å². The van der Waals surface area contributed by atoms with Crippen molar-refractivity contribution in [1.29, 1.82) is 0 Å². The van der Waals surface area contributed by atoms with Gasteiger partial charge in [-0.1, -0.05) is 76.9 Å². The van der Waals surface area contributed by atoms with Crippen molar-refractivity contribution in [3.8, 4) is 5.75 Å². The zero-order valence-corrected chi connectivity index (χ0v) is 19.0. The van der Waals surface area contributed by atoms with Crippen LogP contribution in [0, 0.1) is 0 Å². The third-order valence-corrected chi connectivity index (χ3v) is 5.92. The van der Waals surface area contributed by atoms with Crippen molar-refractivity contribution in [1.82, 2.24) is 0 Å². The summed E-state index contributed by atoms with van der Waals surface area (Å²) in [4.78, 5) is 26.1. The predicted molar refractivity (Wildman–Crippen MR) is 124 cm³/mol. The number of benzene rings is 3. The Morgan fingerprint density at radius 2 is 1.52 bits per heavy atom. The lowest BCUT2D eigenvalue weighted by molar-refractivity contribution is -0.149. The van der Waals surface area contributed by atoms with Gasteiger partial charge in [-0.3, -0.25) is 4.79 Å². The van der Waals surface area contributed by atoms with Gasteiger partial charge in [-0.15, -0.1) is 0 Å². The summed E-state index contributed by atoms with van der Waals surface area (Å²) in [6, 6.07) is 19.9. The number of carbonyl (C=O) groups is 2. The zero-order chi connectivity index (χ0) is 22.2. The molecular formula is C22H16Cl3NO4S. The first kappa shape index (κ1) is 23.3. The summed E-state index contributed by atoms with van der Waals surface area (Å²) in [6.45, 7) is -0.896. The number of amides is 1. The van der Waals surface area contributed by atoms with E-state index in [0.29, 0.717) is 5.69 Å². The second-order valence-corrected chi connectivity index (χ2v) is 8.44. The Bertz CT molecular complexity index is 1080. The molecule has 0 bridgehead atoms. The van der Waals surface area contributed by atoms with E-state index in [4.69, 9.17) is 44.3 Å². The SMILES string of the molecule is O=C(COC(=O)COc1cc(Cl)c(Cl)cc1Cl)Nc1ccccc1Sc1ccccc1. The van der Waals surface area contributed by atoms with E-state index >= 15 is 0 Å². The number of anilines is 1. The van der Waals surface area contributed by atoms with Gasteiger partial charge in [0.05, 0.1) is 20.8 Å². The molecule has 0 heterocycles. The molecule has 160 valence electrons. The predicted octanol–water partition coefficient (Wildman–Crippen LogP) is 6.36. The molecule has 0 saturated carbocycles. The van der Waals surface area contributed by atoms with Crippen molar-refractivity contribution < 1.29 is 19.1 Å². The number of halogens is 3. The first-order chi connectivity index (χ1) is 14.9. The fraction of sp³-hybridized carbons (Fsp3) is 0.0909. The molecule has 31 heavy (non-hydrogen) atoms. The Morgan fingerprint density at radius 3 is 2.29 bits per heavy atom. The molecule has 0 unspecified atom stereocenters. The monoisotopic (exact) mass is 495 g/mol. The van der Waals surface area contributed by atoms with Crippen molar-refractivity contribution in [3.05, 3.63) is 81.8 Å². The second kappa shape index (κ2) is 11.3. The molecule has 0 saturated heterocycles. The number of hydrogen-bond donors (Lipinski definition) is 1. The average Bonchev–Trinajstić information content (AvgIpc) is 2.76. The van der Waals surface area contributed by atoms with Gasteiger partial charge >= 0.3 is 5.97 Å². The Kier molecular flexibility index (Phi) is 8.49.